The van der Waals surface area contributed by atoms with Crippen LogP contribution < -0.4 is 16.8 Å². The average molecular weight is 532 g/mol. The van der Waals surface area contributed by atoms with Gasteiger partial charge in [-0.05, 0) is 13.8 Å². The van der Waals surface area contributed by atoms with Crippen LogP contribution in [0.15, 0.2) is 16.9 Å². The number of β-lactam (4-membered cyclic amide) rings is 1. The van der Waals surface area contributed by atoms with Crippen LogP contribution in [0.1, 0.15) is 25.4 Å². The van der Waals surface area contributed by atoms with Crippen molar-refractivity contribution in [1.29, 1.82) is 0 Å². The Bertz CT molecular complexity index is 1290. The molecule has 0 saturated carbocycles. The van der Waals surface area contributed by atoms with Gasteiger partial charge in [-0.1, -0.05) is 5.16 Å². The summed E-state index contributed by atoms with van der Waals surface area (Å²) in [5.41, 5.74) is 8.74. The topological polar surface area (TPSA) is 258 Å². The van der Waals surface area contributed by atoms with Gasteiger partial charge in [0.1, 0.15) is 23.9 Å². The van der Waals surface area contributed by atoms with E-state index in [0.717, 1.165) is 17.7 Å². The van der Waals surface area contributed by atoms with Crippen LogP contribution in [-0.2, 0) is 42.6 Å². The summed E-state index contributed by atoms with van der Waals surface area (Å²) in [4.78, 5) is 49.7. The highest BCUT2D eigenvalue weighted by Gasteiger charge is 2.54. The van der Waals surface area contributed by atoms with Gasteiger partial charge in [0.2, 0.25) is 5.60 Å². The molecule has 0 radical (unpaired) electrons. The van der Waals surface area contributed by atoms with Crippen LogP contribution in [0, 0.1) is 0 Å². The molecule has 0 unspecified atom stereocenters. The van der Waals surface area contributed by atoms with Crippen LogP contribution in [0.2, 0.25) is 0 Å². The smallest absolute Gasteiger partial charge is 0.362 e. The first-order valence-corrected chi connectivity index (χ1v) is 11.9. The molecule has 1 saturated heterocycles. The van der Waals surface area contributed by atoms with Gasteiger partial charge in [0.25, 0.3) is 11.8 Å². The van der Waals surface area contributed by atoms with E-state index in [1.165, 1.54) is 23.9 Å². The molecular formula is C16H21N9O8S2. The maximum Gasteiger partial charge on any atom is 0.362 e. The Labute approximate surface area is 201 Å². The van der Waals surface area contributed by atoms with Crippen molar-refractivity contribution in [2.45, 2.75) is 44.6 Å². The van der Waals surface area contributed by atoms with Gasteiger partial charge in [-0.15, -0.1) is 11.3 Å². The van der Waals surface area contributed by atoms with Crippen LogP contribution in [-0.4, -0.2) is 83.3 Å². The maximum absolute atomic E-state index is 13.0. The van der Waals surface area contributed by atoms with Gasteiger partial charge in [-0.25, -0.2) is 23.7 Å². The van der Waals surface area contributed by atoms with Gasteiger partial charge < -0.3 is 26.7 Å². The van der Waals surface area contributed by atoms with Gasteiger partial charge >= 0.3 is 16.3 Å². The van der Waals surface area contributed by atoms with E-state index in [9.17, 15) is 32.5 Å². The molecule has 190 valence electrons. The number of aliphatic carboxylic acids is 1. The molecule has 19 heteroatoms. The standard InChI is InChI=1S/C16H21N9O8S2/c1-16(2,14(28)29)33-23-10(7-5-34-15(18)21-7)12(26)22-11-8(25(13(11)27)35(30,31)32)4-24-9(3-17)19-6-20-24/h5-6,8,11H,3-4,17H2,1-2H3,(H2,18,21)(H,22,26)(H,28,29)(H,30,31,32)/b23-10-/t8-,11+/m1/s1. The van der Waals surface area contributed by atoms with E-state index in [-0.39, 0.29) is 34.0 Å². The van der Waals surface area contributed by atoms with Crippen molar-refractivity contribution < 1.29 is 37.3 Å². The van der Waals surface area contributed by atoms with E-state index < -0.39 is 51.5 Å². The number of carboxylic acid groups (broad SMARTS) is 1. The first-order chi connectivity index (χ1) is 16.3. The molecule has 2 amide bonds. The fraction of sp³-hybridized carbons (Fsp3) is 0.438. The number of rotatable bonds is 10. The zero-order chi connectivity index (χ0) is 26.1. The van der Waals surface area contributed by atoms with Gasteiger partial charge in [0.05, 0.1) is 19.1 Å². The summed E-state index contributed by atoms with van der Waals surface area (Å²) in [6.45, 7) is 2.03. The van der Waals surface area contributed by atoms with Crippen LogP contribution in [0.5, 0.6) is 0 Å². The van der Waals surface area contributed by atoms with Crippen LogP contribution in [0.25, 0.3) is 0 Å². The molecule has 7 N–H and O–H groups in total. The maximum atomic E-state index is 13.0. The van der Waals surface area contributed by atoms with Gasteiger partial charge in [0, 0.05) is 5.38 Å². The predicted molar refractivity (Wildman–Crippen MR) is 118 cm³/mol. The summed E-state index contributed by atoms with van der Waals surface area (Å²) in [7, 11) is -4.97. The van der Waals surface area contributed by atoms with Crippen molar-refractivity contribution >= 4 is 50.3 Å². The largest absolute Gasteiger partial charge is 0.478 e. The lowest BCUT2D eigenvalue weighted by atomic mass is 9.98. The Morgan fingerprint density at radius 3 is 2.63 bits per heavy atom. The van der Waals surface area contributed by atoms with Crippen LogP contribution in [0.3, 0.4) is 0 Å². The van der Waals surface area contributed by atoms with Crippen LogP contribution >= 0.6 is 11.3 Å². The Kier molecular flexibility index (Phi) is 7.06. The molecule has 1 fully saturated rings. The summed E-state index contributed by atoms with van der Waals surface area (Å²) >= 11 is 0.956. The first kappa shape index (κ1) is 25.9. The zero-order valence-electron chi connectivity index (χ0n) is 18.2. The molecule has 0 aromatic carbocycles. The summed E-state index contributed by atoms with van der Waals surface area (Å²) in [5, 5.41) is 20.4. The number of carboxylic acids is 1. The molecule has 2 aromatic heterocycles. The second-order valence-electron chi connectivity index (χ2n) is 7.61. The molecule has 1 aliphatic rings. The molecule has 2 atom stereocenters. The number of nitrogen functional groups attached to an aromatic ring is 1. The van der Waals surface area contributed by atoms with Crippen molar-refractivity contribution in [2.24, 2.45) is 10.9 Å². The molecule has 17 nitrogen and oxygen atoms in total. The Hall–Kier alpha value is -3.68. The number of nitrogens with one attached hydrogen (secondary N) is 1. The Morgan fingerprint density at radius 1 is 1.40 bits per heavy atom. The second-order valence-corrected chi connectivity index (χ2v) is 9.79. The molecule has 35 heavy (non-hydrogen) atoms. The number of oxime groups is 1. The van der Waals surface area contributed by atoms with E-state index in [0.29, 0.717) is 0 Å². The predicted octanol–water partition coefficient (Wildman–Crippen LogP) is -2.44. The molecule has 0 aliphatic carbocycles. The third kappa shape index (κ3) is 5.37. The summed E-state index contributed by atoms with van der Waals surface area (Å²) in [6, 6.07) is -2.75. The summed E-state index contributed by atoms with van der Waals surface area (Å²) in [6.07, 6.45) is 1.16. The number of nitrogens with two attached hydrogens (primary N) is 2. The number of anilines is 1. The van der Waals surface area contributed by atoms with Crippen molar-refractivity contribution in [3.63, 3.8) is 0 Å². The summed E-state index contributed by atoms with van der Waals surface area (Å²) < 4.78 is 34.3. The lowest BCUT2D eigenvalue weighted by Crippen LogP contribution is -2.73. The third-order valence-corrected chi connectivity index (χ3v) is 6.42. The van der Waals surface area contributed by atoms with Crippen molar-refractivity contribution in [2.75, 3.05) is 5.73 Å². The third-order valence-electron chi connectivity index (χ3n) is 4.80. The molecule has 3 heterocycles. The van der Waals surface area contributed by atoms with Crippen molar-refractivity contribution in [3.8, 4) is 0 Å². The zero-order valence-corrected chi connectivity index (χ0v) is 19.9. The Morgan fingerprint density at radius 2 is 2.09 bits per heavy atom. The lowest BCUT2D eigenvalue weighted by molar-refractivity contribution is -0.161. The van der Waals surface area contributed by atoms with E-state index in [2.05, 4.69) is 25.5 Å². The first-order valence-electron chi connectivity index (χ1n) is 9.65. The van der Waals surface area contributed by atoms with Gasteiger partial charge in [0.15, 0.2) is 10.8 Å². The molecule has 0 spiro atoms. The minimum absolute atomic E-state index is 0.0533. The van der Waals surface area contributed by atoms with E-state index in [4.69, 9.17) is 16.3 Å². The van der Waals surface area contributed by atoms with Crippen LogP contribution in [0.4, 0.5) is 5.13 Å². The molecule has 2 aromatic rings. The fourth-order valence-electron chi connectivity index (χ4n) is 2.93. The van der Waals surface area contributed by atoms with Crippen molar-refractivity contribution in [1.82, 2.24) is 29.4 Å². The number of carbonyl (C=O) groups is 3. The number of hydrogen-bond donors (Lipinski definition) is 5. The van der Waals surface area contributed by atoms with Gasteiger partial charge in [-0.2, -0.15) is 13.5 Å². The van der Waals surface area contributed by atoms with E-state index >= 15 is 0 Å². The number of aromatic nitrogens is 4. The number of nitrogens with zero attached hydrogens (tertiary/aromatic N) is 6. The minimum Gasteiger partial charge on any atom is -0.478 e. The summed E-state index contributed by atoms with van der Waals surface area (Å²) in [5.74, 6) is -3.30. The number of carbonyl (C=O) groups excluding carboxylic acids is 2. The van der Waals surface area contributed by atoms with Gasteiger partial charge in [-0.3, -0.25) is 14.1 Å². The number of hydrogen-bond acceptors (Lipinski definition) is 13. The number of amides is 2. The number of thiazole rings is 1. The highest BCUT2D eigenvalue weighted by atomic mass is 32.2. The normalized spacial score (nSPS) is 18.8. The quantitative estimate of drug-likeness (QED) is 0.0924. The van der Waals surface area contributed by atoms with E-state index in [1.807, 2.05) is 0 Å². The highest BCUT2D eigenvalue weighted by Crippen LogP contribution is 2.26. The van der Waals surface area contributed by atoms with Crippen molar-refractivity contribution in [3.05, 3.63) is 23.2 Å². The van der Waals surface area contributed by atoms with E-state index in [1.54, 1.807) is 0 Å². The highest BCUT2D eigenvalue weighted by molar-refractivity contribution is 7.84. The fourth-order valence-corrected chi connectivity index (χ4v) is 4.35. The second kappa shape index (κ2) is 9.52. The average Bonchev–Trinajstić information content (AvgIpc) is 3.39. The minimum atomic E-state index is -4.97. The SMILES string of the molecule is CC(C)(O/N=C(\C(=O)N[C@@H]1C(=O)N(S(=O)(=O)O)[C@@H]1Cn1ncnc1CN)c1csc(N)n1)C(=O)O. The monoisotopic (exact) mass is 531 g/mol. The lowest BCUT2D eigenvalue weighted by Gasteiger charge is -2.44. The Balaban J connectivity index is 1.90. The molecular weight excluding hydrogens is 510 g/mol. The molecule has 3 rings (SSSR count). The molecule has 0 bridgehead atoms. The molecule has 1 aliphatic heterocycles.